The van der Waals surface area contributed by atoms with Crippen molar-refractivity contribution in [2.45, 2.75) is 35.4 Å². The van der Waals surface area contributed by atoms with Gasteiger partial charge < -0.3 is 15.3 Å². The van der Waals surface area contributed by atoms with Gasteiger partial charge in [-0.25, -0.2) is 0 Å². The highest BCUT2D eigenvalue weighted by atomic mass is 127. The van der Waals surface area contributed by atoms with Crippen LogP contribution in [0.2, 0.25) is 0 Å². The lowest BCUT2D eigenvalue weighted by Crippen LogP contribution is -2.42. The molecule has 10 heteroatoms. The molecule has 3 N–H and O–H groups in total. The number of rotatable bonds is 11. The molecule has 4 rings (SSSR count). The van der Waals surface area contributed by atoms with Crippen LogP contribution in [0.3, 0.4) is 0 Å². The highest BCUT2D eigenvalue weighted by Crippen LogP contribution is 2.36. The van der Waals surface area contributed by atoms with Crippen molar-refractivity contribution in [1.82, 2.24) is 15.9 Å². The molecule has 7 nitrogen and oxygen atoms in total. The maximum Gasteiger partial charge on any atom is 0.188 e. The molecule has 0 amide bonds. The van der Waals surface area contributed by atoms with Crippen molar-refractivity contribution in [1.29, 1.82) is 5.26 Å². The Bertz CT molecular complexity index is 1300. The number of likely N-dealkylation sites (tertiary alicyclic amines) is 1. The van der Waals surface area contributed by atoms with Gasteiger partial charge in [-0.1, -0.05) is 102 Å². The summed E-state index contributed by atoms with van der Waals surface area (Å²) in [4.78, 5) is 2.50. The first-order chi connectivity index (χ1) is 18.8. The fourth-order valence-corrected chi connectivity index (χ4v) is 8.80. The average molecular weight is 867 g/mol. The van der Waals surface area contributed by atoms with Crippen LogP contribution in [0.25, 0.3) is 5.70 Å². The van der Waals surface area contributed by atoms with Crippen molar-refractivity contribution in [3.8, 4) is 11.8 Å². The van der Waals surface area contributed by atoms with Crippen LogP contribution in [0, 0.1) is 26.2 Å². The zero-order valence-electron chi connectivity index (χ0n) is 22.4. The van der Waals surface area contributed by atoms with Crippen molar-refractivity contribution in [3.05, 3.63) is 62.9 Å². The molecule has 0 saturated carbocycles. The number of alkyl halides is 2. The second-order valence-corrected chi connectivity index (χ2v) is 18.6. The number of nitriles is 1. The average Bonchev–Trinajstić information content (AvgIpc) is 3.47. The first-order valence-corrected chi connectivity index (χ1v) is 20.8. The Morgan fingerprint density at radius 2 is 2.00 bits per heavy atom. The van der Waals surface area contributed by atoms with Crippen LogP contribution in [0.4, 0.5) is 5.69 Å². The molecule has 1 fully saturated rings. The molecule has 2 aromatic rings. The summed E-state index contributed by atoms with van der Waals surface area (Å²) < 4.78 is 20.2. The van der Waals surface area contributed by atoms with Gasteiger partial charge in [0.1, 0.15) is 11.8 Å². The van der Waals surface area contributed by atoms with E-state index in [0.29, 0.717) is 11.5 Å². The van der Waals surface area contributed by atoms with Gasteiger partial charge in [-0.3, -0.25) is 9.91 Å². The fraction of sp³-hybridized carbons (Fsp3) is 0.379. The van der Waals surface area contributed by atoms with Crippen LogP contribution < -0.4 is 20.7 Å². The highest BCUT2D eigenvalue weighted by Gasteiger charge is 2.33. The van der Waals surface area contributed by atoms with Crippen molar-refractivity contribution < 1.29 is 9.84 Å². The smallest absolute Gasteiger partial charge is 0.188 e. The highest BCUT2D eigenvalue weighted by molar-refractivity contribution is 14.3. The maximum absolute atomic E-state index is 9.92. The summed E-state index contributed by atoms with van der Waals surface area (Å²) in [6, 6.07) is 14.6. The summed E-state index contributed by atoms with van der Waals surface area (Å²) in [5, 5.41) is 21.2. The molecule has 2 aliphatic rings. The predicted molar refractivity (Wildman–Crippen MR) is 190 cm³/mol. The molecule has 2 aliphatic heterocycles. The normalized spacial score (nSPS) is 18.1. The van der Waals surface area contributed by atoms with E-state index in [1.54, 1.807) is 0 Å². The standard InChI is InChI=1S/C29H36I3N5O2/c1-29(2,19-38)23-7-6-12-36(17-23)16-22-9-8-20(13-27(22)39-28(31-4)32-5)26-18-37(35-34-26)24-11-10-21(15-33)25(14-24)30-3/h8-11,13-14,18,23,28,34-35,38H,3-7,12,16-17,19H2,1-2H3/t23-/m0/s1. The van der Waals surface area contributed by atoms with Gasteiger partial charge in [-0.15, -0.1) is 5.53 Å². The van der Waals surface area contributed by atoms with E-state index in [-0.39, 0.29) is 55.6 Å². The van der Waals surface area contributed by atoms with Crippen molar-refractivity contribution in [2.75, 3.05) is 24.7 Å². The Morgan fingerprint density at radius 3 is 2.69 bits per heavy atom. The van der Waals surface area contributed by atoms with Crippen LogP contribution >= 0.6 is 62.2 Å². The zero-order chi connectivity index (χ0) is 28.0. The molecule has 0 aromatic heterocycles. The van der Waals surface area contributed by atoms with E-state index in [4.69, 9.17) is 4.74 Å². The quantitative estimate of drug-likeness (QED) is 0.199. The Labute approximate surface area is 261 Å². The first kappa shape index (κ1) is 30.7. The summed E-state index contributed by atoms with van der Waals surface area (Å²) >= 11 is -1.08. The number of halogens is 3. The first-order valence-electron chi connectivity index (χ1n) is 12.6. The van der Waals surface area contributed by atoms with E-state index < -0.39 is 20.7 Å². The summed E-state index contributed by atoms with van der Waals surface area (Å²) in [5.74, 6) is 1.39. The third kappa shape index (κ3) is 7.53. The number of benzene rings is 2. The molecule has 1 atom stereocenters. The SMILES string of the molecule is C=Ic1cc(N2C=C(c3ccc(CN4CCC[C@H](C(C)(C)CO)C4)c(OC(I=C)I=C)c3)NN2)ccc1C#N. The van der Waals surface area contributed by atoms with E-state index in [9.17, 15) is 10.4 Å². The second-order valence-electron chi connectivity index (χ2n) is 10.3. The molecule has 0 unspecified atom stereocenters. The number of hydrazine groups is 2. The number of nitrogens with one attached hydrogen (secondary N) is 2. The minimum Gasteiger partial charge on any atom is -0.471 e. The minimum atomic E-state index is -0.453. The third-order valence-corrected chi connectivity index (χ3v) is 15.4. The van der Waals surface area contributed by atoms with E-state index in [1.807, 2.05) is 29.4 Å². The zero-order valence-corrected chi connectivity index (χ0v) is 28.9. The van der Waals surface area contributed by atoms with Crippen LogP contribution in [0.5, 0.6) is 5.75 Å². The number of anilines is 1. The molecular weight excluding hydrogens is 831 g/mol. The largest absolute Gasteiger partial charge is 0.471 e. The Hall–Kier alpha value is -1.25. The van der Waals surface area contributed by atoms with E-state index in [0.717, 1.165) is 58.7 Å². The summed E-state index contributed by atoms with van der Waals surface area (Å²) in [6.07, 6.45) is 4.33. The second kappa shape index (κ2) is 14.1. The lowest BCUT2D eigenvalue weighted by Gasteiger charge is -2.40. The molecule has 2 heterocycles. The number of aliphatic hydroxyl groups is 1. The molecule has 210 valence electrons. The van der Waals surface area contributed by atoms with Gasteiger partial charge in [-0.2, -0.15) is 5.26 Å². The van der Waals surface area contributed by atoms with Crippen molar-refractivity contribution in [2.24, 2.45) is 11.3 Å². The Morgan fingerprint density at radius 1 is 1.21 bits per heavy atom. The molecule has 0 radical (unpaired) electrons. The Balaban J connectivity index is 1.59. The topological polar surface area (TPSA) is 83.8 Å². The van der Waals surface area contributed by atoms with Gasteiger partial charge in [0.05, 0.1) is 16.9 Å². The van der Waals surface area contributed by atoms with Gasteiger partial charge >= 0.3 is 0 Å². The van der Waals surface area contributed by atoms with E-state index >= 15 is 0 Å². The Kier molecular flexibility index (Phi) is 11.1. The van der Waals surface area contributed by atoms with Crippen molar-refractivity contribution in [3.63, 3.8) is 0 Å². The fourth-order valence-electron chi connectivity index (χ4n) is 4.82. The summed E-state index contributed by atoms with van der Waals surface area (Å²) in [6.45, 7) is 7.42. The number of aliphatic hydroxyl groups excluding tert-OH is 1. The lowest BCUT2D eigenvalue weighted by atomic mass is 9.75. The monoisotopic (exact) mass is 867 g/mol. The number of hydrogen-bond acceptors (Lipinski definition) is 7. The predicted octanol–water partition coefficient (Wildman–Crippen LogP) is 5.66. The lowest BCUT2D eigenvalue weighted by molar-refractivity contribution is 0.0380. The number of piperidine rings is 1. The summed E-state index contributed by atoms with van der Waals surface area (Å²) in [7, 11) is 0. The molecule has 0 spiro atoms. The number of nitrogens with zero attached hydrogens (tertiary/aromatic N) is 3. The number of hydrogen-bond donors (Lipinski definition) is 3. The van der Waals surface area contributed by atoms with Gasteiger partial charge in [0.25, 0.3) is 0 Å². The maximum atomic E-state index is 9.92. The molecule has 0 aliphatic carbocycles. The van der Waals surface area contributed by atoms with Gasteiger partial charge in [0.2, 0.25) is 0 Å². The van der Waals surface area contributed by atoms with Crippen LogP contribution in [0.1, 0.15) is 43.4 Å². The molecular formula is C29H36I3N5O2. The van der Waals surface area contributed by atoms with Gasteiger partial charge in [0, 0.05) is 40.6 Å². The molecule has 1 saturated heterocycles. The van der Waals surface area contributed by atoms with E-state index in [1.165, 1.54) is 5.56 Å². The van der Waals surface area contributed by atoms with Crippen LogP contribution in [0.15, 0.2) is 42.6 Å². The molecule has 0 bridgehead atoms. The third-order valence-electron chi connectivity index (χ3n) is 7.31. The number of ether oxygens (including phenoxy) is 1. The molecule has 2 aromatic carbocycles. The minimum absolute atomic E-state index is 0.0753. The van der Waals surface area contributed by atoms with Crippen molar-refractivity contribution >= 4 is 87.1 Å². The summed E-state index contributed by atoms with van der Waals surface area (Å²) in [5.41, 5.74) is 11.2. The van der Waals surface area contributed by atoms with E-state index in [2.05, 4.69) is 67.5 Å². The molecule has 39 heavy (non-hydrogen) atoms. The van der Waals surface area contributed by atoms with Gasteiger partial charge in [-0.05, 0) is 55.0 Å². The van der Waals surface area contributed by atoms with Crippen LogP contribution in [-0.2, 0) is 6.54 Å². The van der Waals surface area contributed by atoms with Gasteiger partial charge in [0.15, 0.2) is 2.12 Å². The van der Waals surface area contributed by atoms with Crippen LogP contribution in [-0.4, -0.2) is 45.4 Å².